The second-order valence-electron chi connectivity index (χ2n) is 6.64. The smallest absolute Gasteiger partial charge is 0.0817 e. The first-order valence-corrected chi connectivity index (χ1v) is 7.73. The summed E-state index contributed by atoms with van der Waals surface area (Å²) >= 11 is 0. The Bertz CT molecular complexity index is 420. The fourth-order valence-electron chi connectivity index (χ4n) is 2.72. The molecule has 0 aliphatic carbocycles. The maximum absolute atomic E-state index is 6.11. The van der Waals surface area contributed by atoms with E-state index in [1.54, 1.807) is 0 Å². The highest BCUT2D eigenvalue weighted by Gasteiger charge is 2.34. The molecule has 0 spiro atoms. The molecule has 1 N–H and O–H groups in total. The van der Waals surface area contributed by atoms with E-state index in [9.17, 15) is 0 Å². The van der Waals surface area contributed by atoms with Gasteiger partial charge in [0.25, 0.3) is 0 Å². The molecule has 0 aliphatic heterocycles. The number of hydrogen-bond donors (Lipinski definition) is 1. The van der Waals surface area contributed by atoms with E-state index in [4.69, 9.17) is 4.74 Å². The van der Waals surface area contributed by atoms with Crippen molar-refractivity contribution in [2.75, 3.05) is 13.2 Å². The van der Waals surface area contributed by atoms with Crippen LogP contribution in [0.5, 0.6) is 0 Å². The lowest BCUT2D eigenvalue weighted by atomic mass is 9.80. The predicted molar refractivity (Wildman–Crippen MR) is 87.2 cm³/mol. The Kier molecular flexibility index (Phi) is 6.22. The van der Waals surface area contributed by atoms with E-state index >= 15 is 0 Å². The van der Waals surface area contributed by atoms with Crippen molar-refractivity contribution >= 4 is 0 Å². The van der Waals surface area contributed by atoms with Gasteiger partial charge < -0.3 is 10.1 Å². The molecule has 0 heterocycles. The summed E-state index contributed by atoms with van der Waals surface area (Å²) in [5.74, 6) is 0. The lowest BCUT2D eigenvalue weighted by molar-refractivity contribution is -0.0364. The van der Waals surface area contributed by atoms with Crippen LogP contribution < -0.4 is 5.32 Å². The summed E-state index contributed by atoms with van der Waals surface area (Å²) < 4.78 is 6.11. The first-order valence-electron chi connectivity index (χ1n) is 7.73. The zero-order chi connectivity index (χ0) is 15.3. The zero-order valence-corrected chi connectivity index (χ0v) is 14.2. The van der Waals surface area contributed by atoms with Gasteiger partial charge in [0.1, 0.15) is 0 Å². The van der Waals surface area contributed by atoms with Crippen LogP contribution in [0.1, 0.15) is 57.4 Å². The van der Waals surface area contributed by atoms with Crippen molar-refractivity contribution in [1.29, 1.82) is 0 Å². The van der Waals surface area contributed by atoms with Crippen LogP contribution in [0.15, 0.2) is 18.2 Å². The van der Waals surface area contributed by atoms with Crippen molar-refractivity contribution in [1.82, 2.24) is 5.32 Å². The number of likely N-dealkylation sites (N-methyl/N-ethyl adjacent to an activating group) is 1. The van der Waals surface area contributed by atoms with Crippen molar-refractivity contribution in [3.63, 3.8) is 0 Å². The lowest BCUT2D eigenvalue weighted by Crippen LogP contribution is -2.42. The van der Waals surface area contributed by atoms with Gasteiger partial charge in [0.2, 0.25) is 0 Å². The summed E-state index contributed by atoms with van der Waals surface area (Å²) in [6, 6.07) is 6.91. The Hall–Kier alpha value is -0.860. The number of hydrogen-bond acceptors (Lipinski definition) is 2. The van der Waals surface area contributed by atoms with Gasteiger partial charge in [-0.25, -0.2) is 0 Å². The molecule has 0 fully saturated rings. The van der Waals surface area contributed by atoms with Crippen LogP contribution >= 0.6 is 0 Å². The lowest BCUT2D eigenvalue weighted by Gasteiger charge is -2.38. The maximum atomic E-state index is 6.11. The van der Waals surface area contributed by atoms with Crippen LogP contribution in [0.3, 0.4) is 0 Å². The molecule has 0 bridgehead atoms. The third kappa shape index (κ3) is 4.32. The summed E-state index contributed by atoms with van der Waals surface area (Å²) in [6.45, 7) is 17.0. The molecule has 0 amide bonds. The summed E-state index contributed by atoms with van der Waals surface area (Å²) in [4.78, 5) is 0. The van der Waals surface area contributed by atoms with Gasteiger partial charge in [-0.3, -0.25) is 0 Å². The summed E-state index contributed by atoms with van der Waals surface area (Å²) in [7, 11) is 0. The normalized spacial score (nSPS) is 15.2. The highest BCUT2D eigenvalue weighted by atomic mass is 16.5. The van der Waals surface area contributed by atoms with Crippen molar-refractivity contribution in [3.8, 4) is 0 Å². The molecular weight excluding hydrogens is 246 g/mol. The second-order valence-corrected chi connectivity index (χ2v) is 6.64. The third-order valence-corrected chi connectivity index (χ3v) is 3.70. The molecular formula is C18H31NO. The van der Waals surface area contributed by atoms with Crippen LogP contribution in [0.2, 0.25) is 0 Å². The van der Waals surface area contributed by atoms with Gasteiger partial charge in [-0.2, -0.15) is 0 Å². The minimum absolute atomic E-state index is 0.0963. The maximum Gasteiger partial charge on any atom is 0.0817 e. The predicted octanol–water partition coefficient (Wildman–Crippen LogP) is 4.41. The van der Waals surface area contributed by atoms with Crippen molar-refractivity contribution in [2.24, 2.45) is 5.41 Å². The SMILES string of the molecule is CCNC(c1cc(C)ccc1C)C(OCC)C(C)(C)C. The fourth-order valence-corrected chi connectivity index (χ4v) is 2.72. The number of ether oxygens (including phenoxy) is 1. The molecule has 0 radical (unpaired) electrons. The van der Waals surface area contributed by atoms with Crippen LogP contribution in [0.4, 0.5) is 0 Å². The molecule has 0 aromatic heterocycles. The van der Waals surface area contributed by atoms with Gasteiger partial charge in [-0.15, -0.1) is 0 Å². The highest BCUT2D eigenvalue weighted by molar-refractivity contribution is 5.34. The zero-order valence-electron chi connectivity index (χ0n) is 14.2. The number of nitrogens with one attached hydrogen (secondary N) is 1. The molecule has 1 aromatic rings. The van der Waals surface area contributed by atoms with Gasteiger partial charge in [0.15, 0.2) is 0 Å². The van der Waals surface area contributed by atoms with Crippen LogP contribution in [-0.4, -0.2) is 19.3 Å². The van der Waals surface area contributed by atoms with E-state index in [0.29, 0.717) is 0 Å². The molecule has 0 saturated carbocycles. The molecule has 20 heavy (non-hydrogen) atoms. The average Bonchev–Trinajstić information content (AvgIpc) is 2.35. The summed E-state index contributed by atoms with van der Waals surface area (Å²) in [5, 5.41) is 3.63. The molecule has 1 rings (SSSR count). The molecule has 2 nitrogen and oxygen atoms in total. The largest absolute Gasteiger partial charge is 0.376 e. The standard InChI is InChI=1S/C18H31NO/c1-8-19-16(17(20-9-2)18(5,6)7)15-12-13(3)10-11-14(15)4/h10-12,16-17,19H,8-9H2,1-7H3. The molecule has 2 unspecified atom stereocenters. The van der Waals surface area contributed by atoms with Crippen molar-refractivity contribution in [3.05, 3.63) is 34.9 Å². The minimum Gasteiger partial charge on any atom is -0.376 e. The van der Waals surface area contributed by atoms with Crippen LogP contribution in [0, 0.1) is 19.3 Å². The van der Waals surface area contributed by atoms with Crippen molar-refractivity contribution in [2.45, 2.75) is 60.6 Å². The summed E-state index contributed by atoms with van der Waals surface area (Å²) in [6.07, 6.45) is 0.160. The first-order chi connectivity index (χ1) is 9.31. The van der Waals surface area contributed by atoms with E-state index < -0.39 is 0 Å². The van der Waals surface area contributed by atoms with Crippen LogP contribution in [0.25, 0.3) is 0 Å². The molecule has 2 atom stereocenters. The van der Waals surface area contributed by atoms with Gasteiger partial charge in [0.05, 0.1) is 12.1 Å². The van der Waals surface area contributed by atoms with Gasteiger partial charge in [-0.05, 0) is 43.9 Å². The van der Waals surface area contributed by atoms with Gasteiger partial charge in [0, 0.05) is 6.61 Å². The second kappa shape index (κ2) is 7.24. The Morgan fingerprint density at radius 2 is 1.80 bits per heavy atom. The average molecular weight is 277 g/mol. The Morgan fingerprint density at radius 1 is 1.15 bits per heavy atom. The molecule has 1 aromatic carbocycles. The van der Waals surface area contributed by atoms with Gasteiger partial charge >= 0.3 is 0 Å². The van der Waals surface area contributed by atoms with E-state index in [0.717, 1.165) is 13.2 Å². The monoisotopic (exact) mass is 277 g/mol. The first kappa shape index (κ1) is 17.2. The number of benzene rings is 1. The topological polar surface area (TPSA) is 21.3 Å². The number of rotatable bonds is 6. The Balaban J connectivity index is 3.23. The highest BCUT2D eigenvalue weighted by Crippen LogP contribution is 2.34. The van der Waals surface area contributed by atoms with E-state index in [1.807, 2.05) is 0 Å². The quantitative estimate of drug-likeness (QED) is 0.832. The third-order valence-electron chi connectivity index (χ3n) is 3.70. The van der Waals surface area contributed by atoms with Crippen molar-refractivity contribution < 1.29 is 4.74 Å². The molecule has 114 valence electrons. The van der Waals surface area contributed by atoms with Gasteiger partial charge in [-0.1, -0.05) is 51.5 Å². The molecule has 0 saturated heterocycles. The van der Waals surface area contributed by atoms with E-state index in [2.05, 4.69) is 72.0 Å². The van der Waals surface area contributed by atoms with Crippen LogP contribution in [-0.2, 0) is 4.74 Å². The Labute approximate surface area is 124 Å². The summed E-state index contributed by atoms with van der Waals surface area (Å²) in [5.41, 5.74) is 4.09. The molecule has 0 aliphatic rings. The number of aryl methyl sites for hydroxylation is 2. The fraction of sp³-hybridized carbons (Fsp3) is 0.667. The Morgan fingerprint density at radius 3 is 2.30 bits per heavy atom. The van der Waals surface area contributed by atoms with E-state index in [1.165, 1.54) is 16.7 Å². The minimum atomic E-state index is 0.0963. The molecule has 2 heteroatoms. The van der Waals surface area contributed by atoms with E-state index in [-0.39, 0.29) is 17.6 Å².